The van der Waals surface area contributed by atoms with Gasteiger partial charge in [-0.05, 0) is 78.9 Å². The summed E-state index contributed by atoms with van der Waals surface area (Å²) in [5, 5.41) is 9.50. The van der Waals surface area contributed by atoms with E-state index in [9.17, 15) is 0 Å². The topological polar surface area (TPSA) is 27.9 Å². The predicted molar refractivity (Wildman–Crippen MR) is 217 cm³/mol. The summed E-state index contributed by atoms with van der Waals surface area (Å²) in [6, 6.07) is 63.3. The van der Waals surface area contributed by atoms with Crippen LogP contribution in [-0.2, 0) is 0 Å². The van der Waals surface area contributed by atoms with Gasteiger partial charge in [0.15, 0.2) is 0 Å². The number of fused-ring (bicyclic) bond motifs is 14. The second-order valence-corrected chi connectivity index (χ2v) is 13.7. The first-order valence-electron chi connectivity index (χ1n) is 17.8. The minimum absolute atomic E-state index is 0.908. The van der Waals surface area contributed by atoms with Crippen molar-refractivity contribution < 1.29 is 4.42 Å². The molecule has 12 rings (SSSR count). The molecule has 4 nitrogen and oxygen atoms in total. The first kappa shape index (κ1) is 27.7. The minimum Gasteiger partial charge on any atom is -0.455 e. The van der Waals surface area contributed by atoms with Gasteiger partial charge in [0, 0.05) is 49.1 Å². The van der Waals surface area contributed by atoms with Crippen molar-refractivity contribution in [3.05, 3.63) is 176 Å². The molecule has 0 saturated carbocycles. The van der Waals surface area contributed by atoms with Crippen LogP contribution in [-0.4, -0.2) is 13.7 Å². The summed E-state index contributed by atoms with van der Waals surface area (Å²) in [5.74, 6) is 0. The molecule has 4 heterocycles. The van der Waals surface area contributed by atoms with Gasteiger partial charge >= 0.3 is 0 Å². The van der Waals surface area contributed by atoms with Gasteiger partial charge in [0.2, 0.25) is 0 Å². The van der Waals surface area contributed by atoms with Crippen LogP contribution < -0.4 is 0 Å². The monoisotopic (exact) mass is 663 g/mol. The van der Waals surface area contributed by atoms with Crippen molar-refractivity contribution in [3.63, 3.8) is 0 Å². The number of furan rings is 1. The Morgan fingerprint density at radius 1 is 0.308 bits per heavy atom. The lowest BCUT2D eigenvalue weighted by Crippen LogP contribution is -1.97. The lowest BCUT2D eigenvalue weighted by molar-refractivity contribution is 0.673. The third-order valence-electron chi connectivity index (χ3n) is 11.0. The highest BCUT2D eigenvalue weighted by Crippen LogP contribution is 2.46. The number of benzene rings is 8. The van der Waals surface area contributed by atoms with Gasteiger partial charge in [0.05, 0.1) is 44.2 Å². The highest BCUT2D eigenvalue weighted by atomic mass is 16.3. The summed E-state index contributed by atoms with van der Waals surface area (Å²) in [5.41, 5.74) is 12.3. The zero-order valence-corrected chi connectivity index (χ0v) is 28.0. The van der Waals surface area contributed by atoms with Crippen LogP contribution in [0, 0.1) is 0 Å². The smallest absolute Gasteiger partial charge is 0.145 e. The maximum Gasteiger partial charge on any atom is 0.145 e. The molecule has 0 aliphatic carbocycles. The molecule has 0 aliphatic heterocycles. The largest absolute Gasteiger partial charge is 0.455 e. The molecule has 0 N–H and O–H groups in total. The fraction of sp³-hybridized carbons (Fsp3) is 0. The Morgan fingerprint density at radius 2 is 0.846 bits per heavy atom. The van der Waals surface area contributed by atoms with Gasteiger partial charge in [-0.1, -0.05) is 97.1 Å². The maximum absolute atomic E-state index is 6.70. The molecule has 0 fully saturated rings. The molecule has 0 unspecified atom stereocenters. The molecule has 0 bridgehead atoms. The molecule has 0 radical (unpaired) electrons. The zero-order valence-electron chi connectivity index (χ0n) is 28.0. The minimum atomic E-state index is 0.908. The molecule has 0 saturated heterocycles. The van der Waals surface area contributed by atoms with Crippen LogP contribution in [0.5, 0.6) is 0 Å². The normalized spacial score (nSPS) is 12.2. The van der Waals surface area contributed by atoms with Crippen LogP contribution in [0.2, 0.25) is 0 Å². The molecular weight excluding hydrogens is 635 g/mol. The average molecular weight is 664 g/mol. The highest BCUT2D eigenvalue weighted by Gasteiger charge is 2.25. The molecule has 0 aliphatic rings. The molecule has 52 heavy (non-hydrogen) atoms. The Hall–Kier alpha value is -7.04. The Balaban J connectivity index is 1.28. The SMILES string of the molecule is c1ccc(-n2c3ccccc3c3c(-n4c5ccccc5c5c4ccc4c6c7oc8ccccc8c7ccc6n(-c6ccccc6)c45)cccc32)cc1. The van der Waals surface area contributed by atoms with E-state index in [1.165, 1.54) is 54.5 Å². The third-order valence-corrected chi connectivity index (χ3v) is 11.0. The molecular formula is C48H29N3O. The van der Waals surface area contributed by atoms with Crippen LogP contribution in [0.4, 0.5) is 0 Å². The third kappa shape index (κ3) is 3.55. The van der Waals surface area contributed by atoms with E-state index in [2.05, 4.69) is 184 Å². The fourth-order valence-electron chi connectivity index (χ4n) is 8.97. The van der Waals surface area contributed by atoms with E-state index >= 15 is 0 Å². The van der Waals surface area contributed by atoms with Crippen LogP contribution >= 0.6 is 0 Å². The van der Waals surface area contributed by atoms with E-state index in [-0.39, 0.29) is 0 Å². The molecule has 4 aromatic heterocycles. The Labute approximate surface area is 297 Å². The Kier molecular flexibility index (Phi) is 5.47. The molecule has 0 amide bonds. The quantitative estimate of drug-likeness (QED) is 0.185. The van der Waals surface area contributed by atoms with Gasteiger partial charge in [0.25, 0.3) is 0 Å². The van der Waals surface area contributed by atoms with E-state index in [4.69, 9.17) is 4.42 Å². The van der Waals surface area contributed by atoms with Crippen LogP contribution in [0.15, 0.2) is 180 Å². The summed E-state index contributed by atoms with van der Waals surface area (Å²) in [4.78, 5) is 0. The summed E-state index contributed by atoms with van der Waals surface area (Å²) in [6.07, 6.45) is 0. The van der Waals surface area contributed by atoms with Crippen molar-refractivity contribution in [1.29, 1.82) is 0 Å². The van der Waals surface area contributed by atoms with E-state index < -0.39 is 0 Å². The van der Waals surface area contributed by atoms with Gasteiger partial charge in [-0.15, -0.1) is 0 Å². The van der Waals surface area contributed by atoms with Gasteiger partial charge < -0.3 is 18.1 Å². The summed E-state index contributed by atoms with van der Waals surface area (Å²) >= 11 is 0. The summed E-state index contributed by atoms with van der Waals surface area (Å²) < 4.78 is 14.0. The fourth-order valence-corrected chi connectivity index (χ4v) is 8.97. The van der Waals surface area contributed by atoms with E-state index in [0.29, 0.717) is 0 Å². The van der Waals surface area contributed by atoms with Gasteiger partial charge in [-0.3, -0.25) is 0 Å². The second-order valence-electron chi connectivity index (χ2n) is 13.7. The number of rotatable bonds is 3. The van der Waals surface area contributed by atoms with Gasteiger partial charge in [0.1, 0.15) is 11.2 Å². The van der Waals surface area contributed by atoms with Crippen molar-refractivity contribution in [2.75, 3.05) is 0 Å². The number of aromatic nitrogens is 3. The zero-order chi connectivity index (χ0) is 33.9. The van der Waals surface area contributed by atoms with Gasteiger partial charge in [-0.2, -0.15) is 0 Å². The van der Waals surface area contributed by atoms with E-state index in [1.807, 2.05) is 6.07 Å². The number of hydrogen-bond acceptors (Lipinski definition) is 1. The van der Waals surface area contributed by atoms with Crippen molar-refractivity contribution in [3.8, 4) is 17.1 Å². The number of hydrogen-bond donors (Lipinski definition) is 0. The van der Waals surface area contributed by atoms with Gasteiger partial charge in [-0.25, -0.2) is 0 Å². The first-order valence-corrected chi connectivity index (χ1v) is 17.8. The van der Waals surface area contributed by atoms with Crippen molar-refractivity contribution >= 4 is 87.4 Å². The van der Waals surface area contributed by atoms with Crippen LogP contribution in [0.3, 0.4) is 0 Å². The molecule has 242 valence electrons. The molecule has 0 atom stereocenters. The number of nitrogens with zero attached hydrogens (tertiary/aromatic N) is 3. The Bertz CT molecular complexity index is 3390. The number of para-hydroxylation sites is 5. The predicted octanol–water partition coefficient (Wildman–Crippen LogP) is 12.9. The average Bonchev–Trinajstić information content (AvgIpc) is 3.94. The highest BCUT2D eigenvalue weighted by molar-refractivity contribution is 6.31. The molecule has 4 heteroatoms. The summed E-state index contributed by atoms with van der Waals surface area (Å²) in [6.45, 7) is 0. The Morgan fingerprint density at radius 3 is 1.60 bits per heavy atom. The van der Waals surface area contributed by atoms with Crippen LogP contribution in [0.1, 0.15) is 0 Å². The first-order chi connectivity index (χ1) is 25.8. The molecule has 0 spiro atoms. The van der Waals surface area contributed by atoms with E-state index in [0.717, 1.165) is 49.9 Å². The molecule has 8 aromatic carbocycles. The summed E-state index contributed by atoms with van der Waals surface area (Å²) in [7, 11) is 0. The lowest BCUT2D eigenvalue weighted by atomic mass is 10.1. The van der Waals surface area contributed by atoms with Crippen molar-refractivity contribution in [1.82, 2.24) is 13.7 Å². The van der Waals surface area contributed by atoms with Crippen molar-refractivity contribution in [2.45, 2.75) is 0 Å². The second kappa shape index (κ2) is 10.3. The van der Waals surface area contributed by atoms with Crippen molar-refractivity contribution in [2.24, 2.45) is 0 Å². The standard InChI is InChI=1S/C48H29N3O/c1-3-14-30(15-4-1)49-37-21-10-7-19-34(37)44-39(49)23-13-24-40(44)51-38-22-11-8-20-35(38)45-41(51)29-27-36-46-42(50(47(36)45)31-16-5-2-6-17-31)28-26-33-32-18-9-12-25-43(32)52-48(33)46/h1-29H. The van der Waals surface area contributed by atoms with E-state index in [1.54, 1.807) is 0 Å². The molecule has 12 aromatic rings. The lowest BCUT2D eigenvalue weighted by Gasteiger charge is -2.12. The van der Waals surface area contributed by atoms with Crippen LogP contribution in [0.25, 0.3) is 104 Å². The maximum atomic E-state index is 6.70.